The predicted octanol–water partition coefficient (Wildman–Crippen LogP) is 3.72. The second kappa shape index (κ2) is 13.1. The Morgan fingerprint density at radius 1 is 0.977 bits per heavy atom. The number of hydrogen-bond donors (Lipinski definition) is 1. The summed E-state index contributed by atoms with van der Waals surface area (Å²) in [5.41, 5.74) is 7.31. The minimum Gasteiger partial charge on any atom is -0.422 e. The SMILES string of the molecule is CC(C)(C)CCC(=O)Oc1c(N2CCN(C[C@@H]3CCOC3)CC2=O)cccc1N1CCN(c2cc(Cl)ccc2N)C(=O)C1=O. The first kappa shape index (κ1) is 31.7. The van der Waals surface area contributed by atoms with Crippen LogP contribution in [0.3, 0.4) is 0 Å². The van der Waals surface area contributed by atoms with E-state index in [-0.39, 0.29) is 48.8 Å². The predicted molar refractivity (Wildman–Crippen MR) is 169 cm³/mol. The lowest BCUT2D eigenvalue weighted by molar-refractivity contribution is -0.137. The van der Waals surface area contributed by atoms with Gasteiger partial charge in [0.1, 0.15) is 0 Å². The zero-order chi connectivity index (χ0) is 31.6. The van der Waals surface area contributed by atoms with E-state index in [0.29, 0.717) is 54.1 Å². The van der Waals surface area contributed by atoms with E-state index in [0.717, 1.165) is 19.6 Å². The van der Waals surface area contributed by atoms with Crippen LogP contribution in [0.15, 0.2) is 36.4 Å². The molecule has 0 aromatic heterocycles. The summed E-state index contributed by atoms with van der Waals surface area (Å²) in [6.07, 6.45) is 1.72. The van der Waals surface area contributed by atoms with Crippen LogP contribution in [-0.4, -0.2) is 81.1 Å². The number of carbonyl (C=O) groups is 4. The molecule has 3 saturated heterocycles. The number of para-hydroxylation sites is 1. The van der Waals surface area contributed by atoms with E-state index in [4.69, 9.17) is 26.8 Å². The van der Waals surface area contributed by atoms with Gasteiger partial charge in [0, 0.05) is 50.8 Å². The lowest BCUT2D eigenvalue weighted by Crippen LogP contribution is -2.55. The number of benzene rings is 2. The van der Waals surface area contributed by atoms with Crippen molar-refractivity contribution in [3.63, 3.8) is 0 Å². The molecule has 3 aliphatic rings. The number of halogens is 1. The van der Waals surface area contributed by atoms with Crippen LogP contribution in [0.5, 0.6) is 5.75 Å². The maximum absolute atomic E-state index is 13.6. The van der Waals surface area contributed by atoms with Crippen molar-refractivity contribution < 1.29 is 28.7 Å². The molecule has 0 spiro atoms. The maximum atomic E-state index is 13.6. The highest BCUT2D eigenvalue weighted by Gasteiger charge is 2.38. The molecule has 0 radical (unpaired) electrons. The largest absolute Gasteiger partial charge is 0.422 e. The average Bonchev–Trinajstić information content (AvgIpc) is 3.48. The van der Waals surface area contributed by atoms with E-state index >= 15 is 0 Å². The molecule has 0 aliphatic carbocycles. The van der Waals surface area contributed by atoms with E-state index in [1.54, 1.807) is 41.3 Å². The minimum atomic E-state index is -0.810. The van der Waals surface area contributed by atoms with Gasteiger partial charge in [0.2, 0.25) is 5.91 Å². The summed E-state index contributed by atoms with van der Waals surface area (Å²) in [4.78, 5) is 59.9. The first-order chi connectivity index (χ1) is 20.9. The van der Waals surface area contributed by atoms with Gasteiger partial charge in [0.05, 0.1) is 35.9 Å². The zero-order valence-corrected chi connectivity index (χ0v) is 26.3. The number of esters is 1. The summed E-state index contributed by atoms with van der Waals surface area (Å²) < 4.78 is 11.5. The molecule has 0 bridgehead atoms. The number of nitrogens with zero attached hydrogens (tertiary/aromatic N) is 4. The molecule has 1 atom stereocenters. The maximum Gasteiger partial charge on any atom is 0.317 e. The van der Waals surface area contributed by atoms with Gasteiger partial charge in [0.15, 0.2) is 5.75 Å². The first-order valence-electron chi connectivity index (χ1n) is 15.0. The smallest absolute Gasteiger partial charge is 0.317 e. The fourth-order valence-corrected chi connectivity index (χ4v) is 5.92. The van der Waals surface area contributed by atoms with Crippen LogP contribution in [0.4, 0.5) is 22.7 Å². The van der Waals surface area contributed by atoms with Crippen LogP contribution in [0.25, 0.3) is 0 Å². The van der Waals surface area contributed by atoms with Crippen molar-refractivity contribution in [2.45, 2.75) is 40.0 Å². The molecule has 3 fully saturated rings. The van der Waals surface area contributed by atoms with Crippen LogP contribution in [0.1, 0.15) is 40.0 Å². The van der Waals surface area contributed by atoms with Crippen molar-refractivity contribution in [2.24, 2.45) is 11.3 Å². The van der Waals surface area contributed by atoms with E-state index in [1.807, 2.05) is 20.8 Å². The molecule has 11 nitrogen and oxygen atoms in total. The van der Waals surface area contributed by atoms with Crippen LogP contribution >= 0.6 is 11.6 Å². The van der Waals surface area contributed by atoms with Crippen LogP contribution in [-0.2, 0) is 23.9 Å². The van der Waals surface area contributed by atoms with Crippen LogP contribution in [0.2, 0.25) is 5.02 Å². The van der Waals surface area contributed by atoms with Gasteiger partial charge in [-0.1, -0.05) is 38.4 Å². The molecular formula is C32H40ClN5O6. The molecule has 2 aromatic carbocycles. The Kier molecular flexibility index (Phi) is 9.48. The van der Waals surface area contributed by atoms with Crippen molar-refractivity contribution in [3.05, 3.63) is 41.4 Å². The third-order valence-corrected chi connectivity index (χ3v) is 8.43. The minimum absolute atomic E-state index is 0.0919. The Morgan fingerprint density at radius 2 is 1.64 bits per heavy atom. The molecule has 12 heteroatoms. The number of piperazine rings is 2. The highest BCUT2D eigenvalue weighted by Crippen LogP contribution is 2.41. The average molecular weight is 626 g/mol. The summed E-state index contributed by atoms with van der Waals surface area (Å²) in [5.74, 6) is -1.72. The van der Waals surface area contributed by atoms with Gasteiger partial charge in [0.25, 0.3) is 0 Å². The van der Waals surface area contributed by atoms with E-state index in [1.165, 1.54) is 9.80 Å². The molecule has 0 saturated carbocycles. The fourth-order valence-electron chi connectivity index (χ4n) is 5.75. The fraction of sp³-hybridized carbons (Fsp3) is 0.500. The molecule has 0 unspecified atom stereocenters. The van der Waals surface area contributed by atoms with Gasteiger partial charge in [-0.2, -0.15) is 0 Å². The molecule has 236 valence electrons. The van der Waals surface area contributed by atoms with Crippen molar-refractivity contribution in [1.29, 1.82) is 0 Å². The topological polar surface area (TPSA) is 126 Å². The number of anilines is 4. The second-order valence-corrected chi connectivity index (χ2v) is 13.2. The van der Waals surface area contributed by atoms with E-state index in [2.05, 4.69) is 4.90 Å². The van der Waals surface area contributed by atoms with Crippen molar-refractivity contribution in [2.75, 3.05) is 72.9 Å². The van der Waals surface area contributed by atoms with Crippen molar-refractivity contribution >= 4 is 58.0 Å². The highest BCUT2D eigenvalue weighted by atomic mass is 35.5. The van der Waals surface area contributed by atoms with Gasteiger partial charge in [-0.25, -0.2) is 0 Å². The lowest BCUT2D eigenvalue weighted by Gasteiger charge is -2.38. The van der Waals surface area contributed by atoms with Crippen molar-refractivity contribution in [1.82, 2.24) is 4.90 Å². The number of nitrogens with two attached hydrogens (primary N) is 1. The number of ether oxygens (including phenoxy) is 2. The number of hydrogen-bond acceptors (Lipinski definition) is 8. The van der Waals surface area contributed by atoms with Gasteiger partial charge in [-0.15, -0.1) is 0 Å². The van der Waals surface area contributed by atoms with Gasteiger partial charge in [-0.05, 0) is 54.5 Å². The highest BCUT2D eigenvalue weighted by molar-refractivity contribution is 6.46. The lowest BCUT2D eigenvalue weighted by atomic mass is 9.91. The van der Waals surface area contributed by atoms with Crippen LogP contribution in [0, 0.1) is 11.3 Å². The molecule has 3 heterocycles. The second-order valence-electron chi connectivity index (χ2n) is 12.8. The normalized spacial score (nSPS) is 20.0. The molecule has 2 N–H and O–H groups in total. The summed E-state index contributed by atoms with van der Waals surface area (Å²) in [6.45, 7) is 9.83. The number of nitrogen functional groups attached to an aromatic ring is 1. The zero-order valence-electron chi connectivity index (χ0n) is 25.5. The molecule has 3 amide bonds. The van der Waals surface area contributed by atoms with E-state index < -0.39 is 17.8 Å². The molecular weight excluding hydrogens is 586 g/mol. The molecule has 3 aliphatic heterocycles. The van der Waals surface area contributed by atoms with E-state index in [9.17, 15) is 19.2 Å². The third kappa shape index (κ3) is 7.17. The molecule has 44 heavy (non-hydrogen) atoms. The Labute approximate surface area is 262 Å². The van der Waals surface area contributed by atoms with Gasteiger partial charge < -0.3 is 25.0 Å². The monoisotopic (exact) mass is 625 g/mol. The first-order valence-corrected chi connectivity index (χ1v) is 15.4. The van der Waals surface area contributed by atoms with Gasteiger partial charge in [-0.3, -0.25) is 29.0 Å². The Hall–Kier alpha value is -3.67. The van der Waals surface area contributed by atoms with Gasteiger partial charge >= 0.3 is 17.8 Å². The molecule has 2 aromatic rings. The van der Waals surface area contributed by atoms with Crippen molar-refractivity contribution in [3.8, 4) is 5.75 Å². The van der Waals surface area contributed by atoms with Crippen LogP contribution < -0.4 is 25.2 Å². The summed E-state index contributed by atoms with van der Waals surface area (Å²) in [7, 11) is 0. The molecule has 5 rings (SSSR count). The standard InChI is InChI=1S/C32H40ClN5O6/c1-32(2,3)11-9-28(40)44-29-24(36-13-12-35(19-27(36)39)18-21-10-16-43-20-21)5-4-6-25(29)37-14-15-38(31(42)30(37)41)26-17-22(33)7-8-23(26)34/h4-8,17,21H,9-16,18-20,34H2,1-3H3/t21-/m0/s1. The Morgan fingerprint density at radius 3 is 2.27 bits per heavy atom. The quantitative estimate of drug-likeness (QED) is 0.204. The Bertz CT molecular complexity index is 1440. The number of carbonyl (C=O) groups excluding carboxylic acids is 4. The Balaban J connectivity index is 1.42. The summed E-state index contributed by atoms with van der Waals surface area (Å²) >= 11 is 6.14. The number of rotatable bonds is 8. The summed E-state index contributed by atoms with van der Waals surface area (Å²) in [6, 6.07) is 9.78. The third-order valence-electron chi connectivity index (χ3n) is 8.19. The number of amides is 3. The summed E-state index contributed by atoms with van der Waals surface area (Å²) in [5, 5.41) is 0.385.